The molecule has 3 heterocycles. The minimum absolute atomic E-state index is 0.0819. The van der Waals surface area contributed by atoms with Gasteiger partial charge in [-0.25, -0.2) is 4.79 Å². The van der Waals surface area contributed by atoms with Crippen LogP contribution in [0.1, 0.15) is 30.9 Å². The second kappa shape index (κ2) is 9.42. The van der Waals surface area contributed by atoms with E-state index >= 15 is 0 Å². The van der Waals surface area contributed by atoms with Gasteiger partial charge in [0.15, 0.2) is 0 Å². The van der Waals surface area contributed by atoms with Crippen LogP contribution in [0.25, 0.3) is 22.2 Å². The molecule has 0 aliphatic carbocycles. The van der Waals surface area contributed by atoms with Gasteiger partial charge in [-0.1, -0.05) is 36.8 Å². The molecule has 0 radical (unpaired) electrons. The van der Waals surface area contributed by atoms with Crippen LogP contribution in [0.3, 0.4) is 0 Å². The van der Waals surface area contributed by atoms with Crippen LogP contribution in [0.2, 0.25) is 0 Å². The van der Waals surface area contributed by atoms with Crippen LogP contribution in [0, 0.1) is 0 Å². The van der Waals surface area contributed by atoms with E-state index in [-0.39, 0.29) is 18.1 Å². The number of hydrogen-bond acceptors (Lipinski definition) is 4. The summed E-state index contributed by atoms with van der Waals surface area (Å²) in [6.45, 7) is 1.05. The number of hydrogen-bond donors (Lipinski definition) is 3. The lowest BCUT2D eigenvalue weighted by Crippen LogP contribution is -2.47. The summed E-state index contributed by atoms with van der Waals surface area (Å²) in [6.07, 6.45) is 6.93. The average molecular weight is 441 g/mol. The van der Waals surface area contributed by atoms with Gasteiger partial charge in [-0.2, -0.15) is 5.10 Å². The zero-order chi connectivity index (χ0) is 22.6. The summed E-state index contributed by atoms with van der Waals surface area (Å²) in [7, 11) is 2.15. The number of fused-ring (bicyclic) bond motifs is 1. The van der Waals surface area contributed by atoms with E-state index < -0.39 is 0 Å². The summed E-state index contributed by atoms with van der Waals surface area (Å²) < 4.78 is 0. The molecule has 7 nitrogen and oxygen atoms in total. The second-order valence-electron chi connectivity index (χ2n) is 8.60. The number of nitrogens with one attached hydrogen (secondary N) is 3. The third kappa shape index (κ3) is 4.59. The first kappa shape index (κ1) is 21.2. The summed E-state index contributed by atoms with van der Waals surface area (Å²) in [5.74, 6) is 0. The molecule has 1 unspecified atom stereocenters. The van der Waals surface area contributed by atoms with E-state index in [1.807, 2.05) is 48.5 Å². The standard InChI is InChI=1S/C26H28N6O/c1-32-16-6-5-9-23(32)25(18-7-3-2-4-8-18)29-26(33)28-20-10-11-22-21(17-20)24(31-30-22)19-12-14-27-15-13-19/h2-4,7-8,10-15,17,23,25H,5-6,9,16H2,1H3,(H,30,31)(H2,28,29,33)/t23-,25?/m1/s1. The Balaban J connectivity index is 1.38. The maximum Gasteiger partial charge on any atom is 0.319 e. The minimum atomic E-state index is -0.212. The van der Waals surface area contributed by atoms with Crippen molar-refractivity contribution in [3.05, 3.63) is 78.6 Å². The van der Waals surface area contributed by atoms with Gasteiger partial charge in [-0.3, -0.25) is 10.1 Å². The molecule has 5 rings (SSSR count). The number of likely N-dealkylation sites (N-methyl/N-ethyl adjacent to an activating group) is 1. The third-order valence-corrected chi connectivity index (χ3v) is 6.43. The number of carbonyl (C=O) groups excluding carboxylic acids is 1. The van der Waals surface area contributed by atoms with Crippen molar-refractivity contribution in [3.8, 4) is 11.3 Å². The van der Waals surface area contributed by atoms with Crippen molar-refractivity contribution < 1.29 is 4.79 Å². The predicted octanol–water partition coefficient (Wildman–Crippen LogP) is 4.97. The fourth-order valence-corrected chi connectivity index (χ4v) is 4.71. The number of urea groups is 1. The fraction of sp³-hybridized carbons (Fsp3) is 0.269. The van der Waals surface area contributed by atoms with E-state index in [0.29, 0.717) is 0 Å². The Morgan fingerprint density at radius 2 is 1.91 bits per heavy atom. The van der Waals surface area contributed by atoms with Crippen molar-refractivity contribution in [2.75, 3.05) is 18.9 Å². The van der Waals surface area contributed by atoms with Crippen molar-refractivity contribution in [3.63, 3.8) is 0 Å². The first-order valence-corrected chi connectivity index (χ1v) is 11.4. The van der Waals surface area contributed by atoms with Crippen LogP contribution < -0.4 is 10.6 Å². The Morgan fingerprint density at radius 1 is 1.09 bits per heavy atom. The van der Waals surface area contributed by atoms with Crippen molar-refractivity contribution in [2.24, 2.45) is 0 Å². The smallest absolute Gasteiger partial charge is 0.319 e. The number of pyridine rings is 1. The van der Waals surface area contributed by atoms with Crippen LogP contribution in [-0.4, -0.2) is 45.7 Å². The highest BCUT2D eigenvalue weighted by Gasteiger charge is 2.30. The number of piperidine rings is 1. The largest absolute Gasteiger partial charge is 0.329 e. The highest BCUT2D eigenvalue weighted by molar-refractivity contribution is 5.98. The van der Waals surface area contributed by atoms with Gasteiger partial charge >= 0.3 is 6.03 Å². The van der Waals surface area contributed by atoms with Gasteiger partial charge in [0.05, 0.1) is 11.6 Å². The van der Waals surface area contributed by atoms with Crippen LogP contribution in [0.4, 0.5) is 10.5 Å². The summed E-state index contributed by atoms with van der Waals surface area (Å²) in [6, 6.07) is 19.8. The average Bonchev–Trinajstić information content (AvgIpc) is 3.27. The maximum absolute atomic E-state index is 13.1. The van der Waals surface area contributed by atoms with Gasteiger partial charge in [-0.05, 0) is 62.3 Å². The van der Waals surface area contributed by atoms with Gasteiger partial charge in [-0.15, -0.1) is 0 Å². The van der Waals surface area contributed by atoms with Crippen LogP contribution >= 0.6 is 0 Å². The Kier molecular flexibility index (Phi) is 6.04. The van der Waals surface area contributed by atoms with E-state index in [9.17, 15) is 4.79 Å². The van der Waals surface area contributed by atoms with Crippen LogP contribution in [-0.2, 0) is 0 Å². The Morgan fingerprint density at radius 3 is 2.70 bits per heavy atom. The summed E-state index contributed by atoms with van der Waals surface area (Å²) >= 11 is 0. The molecule has 33 heavy (non-hydrogen) atoms. The molecule has 1 saturated heterocycles. The zero-order valence-electron chi connectivity index (χ0n) is 18.7. The molecule has 2 atom stereocenters. The molecule has 2 aromatic heterocycles. The highest BCUT2D eigenvalue weighted by Crippen LogP contribution is 2.30. The van der Waals surface area contributed by atoms with Crippen molar-refractivity contribution >= 4 is 22.6 Å². The first-order chi connectivity index (χ1) is 16.2. The van der Waals surface area contributed by atoms with E-state index in [1.54, 1.807) is 12.4 Å². The molecular weight excluding hydrogens is 412 g/mol. The van der Waals surface area contributed by atoms with Crippen molar-refractivity contribution in [1.82, 2.24) is 25.4 Å². The Bertz CT molecular complexity index is 1220. The molecule has 0 bridgehead atoms. The number of H-pyrrole nitrogens is 1. The Labute approximate surface area is 193 Å². The molecule has 0 spiro atoms. The number of carbonyl (C=O) groups is 1. The molecule has 7 heteroatoms. The summed E-state index contributed by atoms with van der Waals surface area (Å²) in [4.78, 5) is 19.5. The van der Waals surface area contributed by atoms with Gasteiger partial charge in [0.2, 0.25) is 0 Å². The molecule has 3 N–H and O–H groups in total. The van der Waals surface area contributed by atoms with Gasteiger partial charge in [0.25, 0.3) is 0 Å². The maximum atomic E-state index is 13.1. The monoisotopic (exact) mass is 440 g/mol. The van der Waals surface area contributed by atoms with Gasteiger partial charge in [0.1, 0.15) is 5.69 Å². The lowest BCUT2D eigenvalue weighted by molar-refractivity contribution is 0.147. The topological polar surface area (TPSA) is 85.9 Å². The van der Waals surface area contributed by atoms with Gasteiger partial charge in [0, 0.05) is 35.1 Å². The fourth-order valence-electron chi connectivity index (χ4n) is 4.71. The number of amides is 2. The molecule has 2 amide bonds. The summed E-state index contributed by atoms with van der Waals surface area (Å²) in [5, 5.41) is 14.8. The van der Waals surface area contributed by atoms with Crippen LogP contribution in [0.15, 0.2) is 73.1 Å². The van der Waals surface area contributed by atoms with E-state index in [2.05, 4.69) is 49.9 Å². The van der Waals surface area contributed by atoms with Crippen molar-refractivity contribution in [1.29, 1.82) is 0 Å². The van der Waals surface area contributed by atoms with Crippen LogP contribution in [0.5, 0.6) is 0 Å². The molecule has 2 aromatic carbocycles. The molecule has 0 saturated carbocycles. The number of nitrogens with zero attached hydrogens (tertiary/aromatic N) is 3. The number of rotatable bonds is 5. The predicted molar refractivity (Wildman–Crippen MR) is 131 cm³/mol. The second-order valence-corrected chi connectivity index (χ2v) is 8.60. The van der Waals surface area contributed by atoms with Gasteiger partial charge < -0.3 is 15.5 Å². The lowest BCUT2D eigenvalue weighted by atomic mass is 9.91. The van der Waals surface area contributed by atoms with E-state index in [4.69, 9.17) is 0 Å². The highest BCUT2D eigenvalue weighted by atomic mass is 16.2. The number of aromatic nitrogens is 3. The quantitative estimate of drug-likeness (QED) is 0.409. The number of aromatic amines is 1. The molecule has 1 aliphatic rings. The number of likely N-dealkylation sites (tertiary alicyclic amines) is 1. The first-order valence-electron chi connectivity index (χ1n) is 11.4. The van der Waals surface area contributed by atoms with Crippen molar-refractivity contribution in [2.45, 2.75) is 31.3 Å². The number of benzene rings is 2. The van der Waals surface area contributed by atoms with E-state index in [1.165, 1.54) is 12.8 Å². The molecule has 1 aliphatic heterocycles. The zero-order valence-corrected chi connectivity index (χ0v) is 18.7. The third-order valence-electron chi connectivity index (χ3n) is 6.43. The number of anilines is 1. The molecule has 1 fully saturated rings. The molecular formula is C26H28N6O. The Hall–Kier alpha value is -3.71. The normalized spacial score (nSPS) is 17.5. The lowest BCUT2D eigenvalue weighted by Gasteiger charge is -2.38. The SMILES string of the molecule is CN1CCCC[C@@H]1C(NC(=O)Nc1ccc2[nH]nc(-c3ccncc3)c2c1)c1ccccc1. The van der Waals surface area contributed by atoms with E-state index in [0.717, 1.165) is 46.4 Å². The molecule has 168 valence electrons. The minimum Gasteiger partial charge on any atom is -0.329 e. The summed E-state index contributed by atoms with van der Waals surface area (Å²) in [5.41, 5.74) is 4.57. The molecule has 4 aromatic rings.